The van der Waals surface area contributed by atoms with Gasteiger partial charge in [-0.15, -0.1) is 24.9 Å². The summed E-state index contributed by atoms with van der Waals surface area (Å²) in [5, 5.41) is 1.58. The van der Waals surface area contributed by atoms with E-state index in [0.717, 1.165) is 11.7 Å². The van der Waals surface area contributed by atoms with Crippen LogP contribution in [0.2, 0.25) is 0 Å². The molecule has 0 saturated heterocycles. The van der Waals surface area contributed by atoms with E-state index in [1.807, 2.05) is 6.26 Å². The third-order valence-corrected chi connectivity index (χ3v) is 2.67. The highest BCUT2D eigenvalue weighted by molar-refractivity contribution is 7.99. The van der Waals surface area contributed by atoms with Crippen LogP contribution >= 0.6 is 11.8 Å². The molecule has 2 N–H and O–H groups in total. The zero-order valence-electron chi connectivity index (χ0n) is 8.89. The fraction of sp³-hybridized carbons (Fsp3) is 0.400. The van der Waals surface area contributed by atoms with Gasteiger partial charge in [-0.3, -0.25) is 5.01 Å². The monoisotopic (exact) mass is 224 g/mol. The van der Waals surface area contributed by atoms with Gasteiger partial charge < -0.3 is 0 Å². The van der Waals surface area contributed by atoms with Crippen molar-refractivity contribution in [2.24, 2.45) is 15.8 Å². The molecule has 15 heavy (non-hydrogen) atoms. The lowest BCUT2D eigenvalue weighted by molar-refractivity contribution is 0.411. The fourth-order valence-electron chi connectivity index (χ4n) is 1.23. The standard InChI is InChI=1S/C10H16N4S/c1-4-6-8-12-9(7-5-2)14(11)10(13-8)15-3/h4-5,10H,1-2,6-7,11H2,3H3. The van der Waals surface area contributed by atoms with E-state index in [-0.39, 0.29) is 5.50 Å². The second-order valence-electron chi connectivity index (χ2n) is 3.03. The number of nitrogens with two attached hydrogens (primary N) is 1. The van der Waals surface area contributed by atoms with E-state index in [0.29, 0.717) is 12.8 Å². The molecule has 1 rings (SSSR count). The second-order valence-corrected chi connectivity index (χ2v) is 3.92. The lowest BCUT2D eigenvalue weighted by atomic mass is 10.3. The lowest BCUT2D eigenvalue weighted by Crippen LogP contribution is -2.45. The molecule has 0 radical (unpaired) electrons. The molecule has 0 bridgehead atoms. The molecule has 0 saturated carbocycles. The number of hydrazine groups is 1. The van der Waals surface area contributed by atoms with Crippen molar-refractivity contribution in [3.8, 4) is 0 Å². The van der Waals surface area contributed by atoms with E-state index < -0.39 is 0 Å². The molecule has 0 aromatic heterocycles. The molecule has 0 amide bonds. The number of aliphatic imine (C=N–C) groups is 2. The van der Waals surface area contributed by atoms with Crippen molar-refractivity contribution in [2.45, 2.75) is 18.3 Å². The number of hydrogen-bond acceptors (Lipinski definition) is 5. The van der Waals surface area contributed by atoms with Gasteiger partial charge in [-0.1, -0.05) is 12.2 Å². The number of amidine groups is 2. The zero-order chi connectivity index (χ0) is 11.3. The SMILES string of the molecule is C=CCC1=NC(SC)N(N)C(CC=C)=N1. The van der Waals surface area contributed by atoms with Crippen LogP contribution in [0.1, 0.15) is 12.8 Å². The van der Waals surface area contributed by atoms with Crippen LogP contribution in [-0.4, -0.2) is 28.4 Å². The quantitative estimate of drug-likeness (QED) is 0.572. The predicted octanol–water partition coefficient (Wildman–Crippen LogP) is 1.77. The highest BCUT2D eigenvalue weighted by atomic mass is 32.2. The first-order valence-corrected chi connectivity index (χ1v) is 5.94. The first-order valence-electron chi connectivity index (χ1n) is 4.65. The van der Waals surface area contributed by atoms with E-state index in [2.05, 4.69) is 23.1 Å². The van der Waals surface area contributed by atoms with Crippen LogP contribution in [0.25, 0.3) is 0 Å². The van der Waals surface area contributed by atoms with Gasteiger partial charge >= 0.3 is 0 Å². The van der Waals surface area contributed by atoms with Gasteiger partial charge in [-0.2, -0.15) is 0 Å². The van der Waals surface area contributed by atoms with E-state index in [1.54, 1.807) is 28.9 Å². The maximum atomic E-state index is 5.88. The highest BCUT2D eigenvalue weighted by Gasteiger charge is 2.21. The molecule has 0 fully saturated rings. The lowest BCUT2D eigenvalue weighted by Gasteiger charge is -2.29. The number of nitrogens with zero attached hydrogens (tertiary/aromatic N) is 3. The van der Waals surface area contributed by atoms with Crippen molar-refractivity contribution in [1.29, 1.82) is 0 Å². The van der Waals surface area contributed by atoms with Crippen LogP contribution in [0.15, 0.2) is 35.3 Å². The van der Waals surface area contributed by atoms with E-state index in [9.17, 15) is 0 Å². The van der Waals surface area contributed by atoms with Crippen molar-refractivity contribution < 1.29 is 0 Å². The molecule has 0 aliphatic carbocycles. The van der Waals surface area contributed by atoms with E-state index >= 15 is 0 Å². The average molecular weight is 224 g/mol. The van der Waals surface area contributed by atoms with E-state index in [1.165, 1.54) is 0 Å². The van der Waals surface area contributed by atoms with Crippen LogP contribution in [0.4, 0.5) is 0 Å². The van der Waals surface area contributed by atoms with Crippen LogP contribution in [0.3, 0.4) is 0 Å². The summed E-state index contributed by atoms with van der Waals surface area (Å²) in [5.74, 6) is 7.46. The molecule has 1 unspecified atom stereocenters. The molecule has 1 atom stereocenters. The number of hydrogen-bond donors (Lipinski definition) is 1. The molecule has 1 aliphatic rings. The molecule has 0 spiro atoms. The third kappa shape index (κ3) is 2.94. The fourth-order valence-corrected chi connectivity index (χ4v) is 1.80. The van der Waals surface area contributed by atoms with Crippen molar-refractivity contribution in [1.82, 2.24) is 5.01 Å². The Labute approximate surface area is 94.6 Å². The molecule has 0 aromatic rings. The first kappa shape index (κ1) is 12.0. The molecule has 1 heterocycles. The van der Waals surface area contributed by atoms with Crippen LogP contribution in [0.5, 0.6) is 0 Å². The Kier molecular flexibility index (Phi) is 4.58. The first-order chi connectivity index (χ1) is 7.22. The summed E-state index contributed by atoms with van der Waals surface area (Å²) < 4.78 is 0. The van der Waals surface area contributed by atoms with Gasteiger partial charge in [0.25, 0.3) is 0 Å². The summed E-state index contributed by atoms with van der Waals surface area (Å²) >= 11 is 1.58. The Balaban J connectivity index is 2.88. The Bertz CT molecular complexity index is 309. The summed E-state index contributed by atoms with van der Waals surface area (Å²) in [5.41, 5.74) is -0.0904. The van der Waals surface area contributed by atoms with Crippen molar-refractivity contribution in [2.75, 3.05) is 6.26 Å². The van der Waals surface area contributed by atoms with Gasteiger partial charge in [0.05, 0.1) is 0 Å². The minimum Gasteiger partial charge on any atom is -0.264 e. The van der Waals surface area contributed by atoms with Gasteiger partial charge in [0.15, 0.2) is 5.50 Å². The summed E-state index contributed by atoms with van der Waals surface area (Å²) in [7, 11) is 0. The number of thioether (sulfide) groups is 1. The van der Waals surface area contributed by atoms with Crippen LogP contribution in [0, 0.1) is 0 Å². The summed E-state index contributed by atoms with van der Waals surface area (Å²) in [6, 6.07) is 0. The van der Waals surface area contributed by atoms with Gasteiger partial charge in [-0.25, -0.2) is 15.8 Å². The van der Waals surface area contributed by atoms with Gasteiger partial charge in [0.2, 0.25) is 0 Å². The Hall–Kier alpha value is -1.07. The maximum Gasteiger partial charge on any atom is 0.185 e. The predicted molar refractivity (Wildman–Crippen MR) is 67.8 cm³/mol. The molecule has 5 heteroatoms. The smallest absolute Gasteiger partial charge is 0.185 e. The average Bonchev–Trinajstić information content (AvgIpc) is 2.23. The minimum atomic E-state index is -0.0904. The topological polar surface area (TPSA) is 54.0 Å². The van der Waals surface area contributed by atoms with Crippen LogP contribution in [-0.2, 0) is 0 Å². The maximum absolute atomic E-state index is 5.88. The van der Waals surface area contributed by atoms with Crippen molar-refractivity contribution in [3.63, 3.8) is 0 Å². The molecular formula is C10H16N4S. The summed E-state index contributed by atoms with van der Waals surface area (Å²) in [6.45, 7) is 7.36. The molecule has 4 nitrogen and oxygen atoms in total. The Morgan fingerprint density at radius 1 is 1.47 bits per heavy atom. The molecule has 82 valence electrons. The highest BCUT2D eigenvalue weighted by Crippen LogP contribution is 2.18. The normalized spacial score (nSPS) is 20.7. The largest absolute Gasteiger partial charge is 0.264 e. The summed E-state index contributed by atoms with van der Waals surface area (Å²) in [4.78, 5) is 8.74. The summed E-state index contributed by atoms with van der Waals surface area (Å²) in [6.07, 6.45) is 6.87. The van der Waals surface area contributed by atoms with Crippen molar-refractivity contribution in [3.05, 3.63) is 25.3 Å². The van der Waals surface area contributed by atoms with Gasteiger partial charge in [0, 0.05) is 12.8 Å². The Morgan fingerprint density at radius 2 is 2.13 bits per heavy atom. The third-order valence-electron chi connectivity index (χ3n) is 1.92. The molecule has 1 aliphatic heterocycles. The van der Waals surface area contributed by atoms with Crippen LogP contribution < -0.4 is 5.84 Å². The van der Waals surface area contributed by atoms with Crippen molar-refractivity contribution >= 4 is 23.4 Å². The Morgan fingerprint density at radius 3 is 2.67 bits per heavy atom. The van der Waals surface area contributed by atoms with Gasteiger partial charge in [-0.05, 0) is 6.26 Å². The van der Waals surface area contributed by atoms with Gasteiger partial charge in [0.1, 0.15) is 11.7 Å². The number of rotatable bonds is 5. The zero-order valence-corrected chi connectivity index (χ0v) is 9.70. The molecule has 0 aromatic carbocycles. The molecular weight excluding hydrogens is 208 g/mol. The second kappa shape index (κ2) is 5.72. The van der Waals surface area contributed by atoms with E-state index in [4.69, 9.17) is 5.84 Å². The minimum absolute atomic E-state index is 0.0904.